The summed E-state index contributed by atoms with van der Waals surface area (Å²) < 4.78 is 1.49. The lowest BCUT2D eigenvalue weighted by atomic mass is 10.4. The summed E-state index contributed by atoms with van der Waals surface area (Å²) in [5, 5.41) is 4.11. The molecule has 0 saturated heterocycles. The maximum atomic E-state index is 5.87. The Morgan fingerprint density at radius 1 is 1.06 bits per heavy atom. The minimum absolute atomic E-state index is 0.0798. The Labute approximate surface area is 107 Å². The number of rotatable bonds is 2. The molecular weight excluding hydrogens is 254 g/mol. The summed E-state index contributed by atoms with van der Waals surface area (Å²) in [5.74, 6) is 0.689. The molecule has 88 valence electrons. The summed E-state index contributed by atoms with van der Waals surface area (Å²) in [5.41, 5.74) is 0.523. The molecule has 3 aromatic heterocycles. The number of aromatic nitrogens is 7. The van der Waals surface area contributed by atoms with E-state index >= 15 is 0 Å². The van der Waals surface area contributed by atoms with E-state index in [9.17, 15) is 0 Å². The fraction of sp³-hybridized carbons (Fsp3) is 0. The lowest BCUT2D eigenvalue weighted by Crippen LogP contribution is -2.05. The third-order valence-electron chi connectivity index (χ3n) is 2.10. The van der Waals surface area contributed by atoms with Crippen molar-refractivity contribution in [1.29, 1.82) is 0 Å². The largest absolute Gasteiger partial charge is 0.261 e. The number of nitrogens with zero attached hydrogens (tertiary/aromatic N) is 7. The monoisotopic (exact) mass is 259 g/mol. The average molecular weight is 260 g/mol. The van der Waals surface area contributed by atoms with Crippen molar-refractivity contribution >= 4 is 11.6 Å². The predicted octanol–water partition coefficient (Wildman–Crippen LogP) is 1.17. The van der Waals surface area contributed by atoms with Crippen LogP contribution in [0.4, 0.5) is 0 Å². The summed E-state index contributed by atoms with van der Waals surface area (Å²) in [7, 11) is 0. The molecule has 18 heavy (non-hydrogen) atoms. The van der Waals surface area contributed by atoms with Crippen LogP contribution in [-0.2, 0) is 0 Å². The molecule has 0 aliphatic rings. The molecule has 0 N–H and O–H groups in total. The highest BCUT2D eigenvalue weighted by Crippen LogP contribution is 2.13. The molecule has 0 bridgehead atoms. The molecule has 0 aliphatic heterocycles. The van der Waals surface area contributed by atoms with E-state index in [0.717, 1.165) is 0 Å². The molecule has 7 nitrogen and oxygen atoms in total. The van der Waals surface area contributed by atoms with Crippen molar-refractivity contribution in [2.45, 2.75) is 0 Å². The summed E-state index contributed by atoms with van der Waals surface area (Å²) in [6.07, 6.45) is 8.02. The third kappa shape index (κ3) is 2.03. The smallest absolute Gasteiger partial charge is 0.255 e. The second-order valence-electron chi connectivity index (χ2n) is 3.27. The summed E-state index contributed by atoms with van der Waals surface area (Å²) in [4.78, 5) is 20.3. The maximum absolute atomic E-state index is 5.87. The lowest BCUT2D eigenvalue weighted by molar-refractivity contribution is 0.796. The first-order valence-electron chi connectivity index (χ1n) is 5.01. The van der Waals surface area contributed by atoms with Crippen molar-refractivity contribution in [3.05, 3.63) is 42.3 Å². The van der Waals surface area contributed by atoms with Gasteiger partial charge in [0.15, 0.2) is 5.82 Å². The van der Waals surface area contributed by atoms with Crippen LogP contribution in [0.25, 0.3) is 17.5 Å². The summed E-state index contributed by atoms with van der Waals surface area (Å²) >= 11 is 5.87. The fourth-order valence-corrected chi connectivity index (χ4v) is 1.51. The van der Waals surface area contributed by atoms with Gasteiger partial charge in [-0.3, -0.25) is 4.98 Å². The number of hydrogen-bond donors (Lipinski definition) is 0. The summed E-state index contributed by atoms with van der Waals surface area (Å²) in [6, 6.07) is 1.76. The van der Waals surface area contributed by atoms with E-state index in [0.29, 0.717) is 17.5 Å². The van der Waals surface area contributed by atoms with E-state index in [1.807, 2.05) is 0 Å². The molecule has 3 rings (SSSR count). The van der Waals surface area contributed by atoms with E-state index < -0.39 is 0 Å². The molecule has 0 saturated carbocycles. The second-order valence-corrected chi connectivity index (χ2v) is 3.61. The van der Waals surface area contributed by atoms with E-state index in [4.69, 9.17) is 11.6 Å². The van der Waals surface area contributed by atoms with Gasteiger partial charge in [-0.2, -0.15) is 20.1 Å². The Kier molecular flexibility index (Phi) is 2.66. The van der Waals surface area contributed by atoms with Crippen LogP contribution in [0.2, 0.25) is 5.28 Å². The first kappa shape index (κ1) is 10.7. The first-order chi connectivity index (χ1) is 8.83. The van der Waals surface area contributed by atoms with Gasteiger partial charge in [-0.05, 0) is 17.7 Å². The number of halogens is 1. The van der Waals surface area contributed by atoms with Gasteiger partial charge in [0.05, 0.1) is 6.20 Å². The highest BCUT2D eigenvalue weighted by molar-refractivity contribution is 6.28. The molecule has 0 spiro atoms. The Morgan fingerprint density at radius 3 is 2.72 bits per heavy atom. The van der Waals surface area contributed by atoms with Gasteiger partial charge in [0.2, 0.25) is 5.28 Å². The topological polar surface area (TPSA) is 82.3 Å². The number of hydrogen-bond acceptors (Lipinski definition) is 6. The van der Waals surface area contributed by atoms with Gasteiger partial charge >= 0.3 is 0 Å². The van der Waals surface area contributed by atoms with Gasteiger partial charge in [-0.25, -0.2) is 9.67 Å². The van der Waals surface area contributed by atoms with E-state index in [1.54, 1.807) is 37.1 Å². The van der Waals surface area contributed by atoms with Crippen LogP contribution in [0.15, 0.2) is 37.1 Å². The maximum Gasteiger partial charge on any atom is 0.255 e. The van der Waals surface area contributed by atoms with Gasteiger partial charge in [0, 0.05) is 24.8 Å². The van der Waals surface area contributed by atoms with Gasteiger partial charge in [-0.15, -0.1) is 0 Å². The van der Waals surface area contributed by atoms with Crippen molar-refractivity contribution in [3.8, 4) is 17.5 Å². The molecular formula is C10H6ClN7. The van der Waals surface area contributed by atoms with E-state index in [1.165, 1.54) is 4.68 Å². The van der Waals surface area contributed by atoms with Gasteiger partial charge in [0.1, 0.15) is 5.69 Å². The van der Waals surface area contributed by atoms with Crippen molar-refractivity contribution in [2.75, 3.05) is 0 Å². The van der Waals surface area contributed by atoms with Crippen LogP contribution in [0.5, 0.6) is 0 Å². The lowest BCUT2D eigenvalue weighted by Gasteiger charge is -2.02. The highest BCUT2D eigenvalue weighted by atomic mass is 35.5. The molecule has 0 amide bonds. The van der Waals surface area contributed by atoms with E-state index in [2.05, 4.69) is 30.0 Å². The average Bonchev–Trinajstić information content (AvgIpc) is 2.93. The van der Waals surface area contributed by atoms with Gasteiger partial charge < -0.3 is 0 Å². The Balaban J connectivity index is 2.12. The van der Waals surface area contributed by atoms with Crippen LogP contribution < -0.4 is 0 Å². The summed E-state index contributed by atoms with van der Waals surface area (Å²) in [6.45, 7) is 0. The van der Waals surface area contributed by atoms with Crippen molar-refractivity contribution in [3.63, 3.8) is 0 Å². The quantitative estimate of drug-likeness (QED) is 0.687. The van der Waals surface area contributed by atoms with Crippen LogP contribution in [0, 0.1) is 0 Å². The molecule has 0 unspecified atom stereocenters. The van der Waals surface area contributed by atoms with Gasteiger partial charge in [0.25, 0.3) is 5.95 Å². The Hall–Kier alpha value is -2.41. The minimum Gasteiger partial charge on any atom is -0.261 e. The third-order valence-corrected chi connectivity index (χ3v) is 2.27. The zero-order valence-corrected chi connectivity index (χ0v) is 9.73. The first-order valence-corrected chi connectivity index (χ1v) is 5.39. The van der Waals surface area contributed by atoms with Crippen LogP contribution in [-0.4, -0.2) is 34.7 Å². The van der Waals surface area contributed by atoms with Crippen molar-refractivity contribution in [2.24, 2.45) is 0 Å². The van der Waals surface area contributed by atoms with Crippen molar-refractivity contribution < 1.29 is 0 Å². The van der Waals surface area contributed by atoms with Crippen LogP contribution in [0.3, 0.4) is 0 Å². The zero-order chi connectivity index (χ0) is 12.4. The predicted molar refractivity (Wildman–Crippen MR) is 63.0 cm³/mol. The Bertz CT molecular complexity index is 653. The zero-order valence-electron chi connectivity index (χ0n) is 8.97. The molecule has 0 fully saturated rings. The van der Waals surface area contributed by atoms with Crippen LogP contribution in [0.1, 0.15) is 0 Å². The standard InChI is InChI=1S/C10H6ClN7/c11-9-15-8(7-6-12-3-4-13-7)16-10(17-9)18-5-1-2-14-18/h1-6H. The van der Waals surface area contributed by atoms with Crippen LogP contribution >= 0.6 is 11.6 Å². The fourth-order valence-electron chi connectivity index (χ4n) is 1.36. The van der Waals surface area contributed by atoms with E-state index in [-0.39, 0.29) is 5.28 Å². The highest BCUT2D eigenvalue weighted by Gasteiger charge is 2.09. The molecule has 8 heteroatoms. The molecule has 0 radical (unpaired) electrons. The normalized spacial score (nSPS) is 10.5. The minimum atomic E-state index is 0.0798. The molecule has 3 aromatic rings. The van der Waals surface area contributed by atoms with Gasteiger partial charge in [-0.1, -0.05) is 0 Å². The van der Waals surface area contributed by atoms with Crippen molar-refractivity contribution in [1.82, 2.24) is 34.7 Å². The molecule has 0 aromatic carbocycles. The second kappa shape index (κ2) is 4.46. The SMILES string of the molecule is Clc1nc(-c2cnccn2)nc(-n2cccn2)n1. The molecule has 0 aliphatic carbocycles. The molecule has 0 atom stereocenters. The molecule has 3 heterocycles. The Morgan fingerprint density at radius 2 is 2.00 bits per heavy atom.